The van der Waals surface area contributed by atoms with E-state index >= 15 is 0 Å². The van der Waals surface area contributed by atoms with Gasteiger partial charge in [-0.1, -0.05) is 60.9 Å². The minimum absolute atomic E-state index is 0.190. The van der Waals surface area contributed by atoms with E-state index in [1.807, 2.05) is 0 Å². The van der Waals surface area contributed by atoms with Crippen LogP contribution in [0.2, 0.25) is 0 Å². The Morgan fingerprint density at radius 3 is 1.60 bits per heavy atom. The molecule has 0 heterocycles. The second kappa shape index (κ2) is 12.5. The Hall–Kier alpha value is 0.440. The monoisotopic (exact) mass is 296 g/mol. The Bertz CT molecular complexity index is 151. The van der Waals surface area contributed by atoms with Crippen molar-refractivity contribution in [2.24, 2.45) is 0 Å². The van der Waals surface area contributed by atoms with Gasteiger partial charge in [0.05, 0.1) is 0 Å². The summed E-state index contributed by atoms with van der Waals surface area (Å²) in [5.74, 6) is 0. The summed E-state index contributed by atoms with van der Waals surface area (Å²) >= 11 is 8.68. The lowest BCUT2D eigenvalue weighted by molar-refractivity contribution is -0.111. The van der Waals surface area contributed by atoms with Gasteiger partial charge in [-0.05, 0) is 24.4 Å². The Morgan fingerprint density at radius 1 is 0.800 bits per heavy atom. The van der Waals surface area contributed by atoms with Crippen LogP contribution >= 0.6 is 27.5 Å². The van der Waals surface area contributed by atoms with Gasteiger partial charge in [0.15, 0.2) is 0 Å². The number of hydrogen-bond donors (Lipinski definition) is 0. The lowest BCUT2D eigenvalue weighted by atomic mass is 10.1. The van der Waals surface area contributed by atoms with Crippen molar-refractivity contribution in [3.63, 3.8) is 0 Å². The zero-order valence-electron chi connectivity index (χ0n) is 9.44. The summed E-state index contributed by atoms with van der Waals surface area (Å²) in [5, 5.41) is 0.948. The SMILES string of the molecule is O=C(Cl)CCCCCCCCCCCBr. The van der Waals surface area contributed by atoms with E-state index in [2.05, 4.69) is 15.9 Å². The predicted molar refractivity (Wildman–Crippen MR) is 70.8 cm³/mol. The van der Waals surface area contributed by atoms with Gasteiger partial charge in [-0.3, -0.25) is 4.79 Å². The first kappa shape index (κ1) is 15.4. The van der Waals surface area contributed by atoms with Crippen LogP contribution in [-0.2, 0) is 4.79 Å². The van der Waals surface area contributed by atoms with Crippen molar-refractivity contribution >= 4 is 32.8 Å². The van der Waals surface area contributed by atoms with Gasteiger partial charge in [-0.25, -0.2) is 0 Å². The molecule has 0 aromatic heterocycles. The fraction of sp³-hybridized carbons (Fsp3) is 0.917. The van der Waals surface area contributed by atoms with Gasteiger partial charge in [0.1, 0.15) is 0 Å². The number of rotatable bonds is 11. The van der Waals surface area contributed by atoms with Crippen molar-refractivity contribution in [3.8, 4) is 0 Å². The molecular formula is C12H22BrClO. The van der Waals surface area contributed by atoms with Gasteiger partial charge < -0.3 is 0 Å². The minimum Gasteiger partial charge on any atom is -0.281 e. The van der Waals surface area contributed by atoms with Crippen molar-refractivity contribution in [3.05, 3.63) is 0 Å². The van der Waals surface area contributed by atoms with Crippen LogP contribution in [0.25, 0.3) is 0 Å². The van der Waals surface area contributed by atoms with Gasteiger partial charge in [-0.2, -0.15) is 0 Å². The Morgan fingerprint density at radius 2 is 1.20 bits per heavy atom. The first-order valence-electron chi connectivity index (χ1n) is 6.01. The van der Waals surface area contributed by atoms with E-state index in [4.69, 9.17) is 11.6 Å². The summed E-state index contributed by atoms with van der Waals surface area (Å²) in [5.41, 5.74) is 0. The van der Waals surface area contributed by atoms with Gasteiger partial charge in [0, 0.05) is 11.8 Å². The molecular weight excluding hydrogens is 275 g/mol. The topological polar surface area (TPSA) is 17.1 Å². The first-order valence-corrected chi connectivity index (χ1v) is 7.51. The molecule has 90 valence electrons. The summed E-state index contributed by atoms with van der Waals surface area (Å²) in [6.45, 7) is 0. The van der Waals surface area contributed by atoms with Gasteiger partial charge in [0.2, 0.25) is 5.24 Å². The van der Waals surface area contributed by atoms with Gasteiger partial charge in [0.25, 0.3) is 0 Å². The van der Waals surface area contributed by atoms with E-state index in [1.54, 1.807) is 0 Å². The maximum atomic E-state index is 10.4. The molecule has 0 unspecified atom stereocenters. The number of hydrogen-bond acceptors (Lipinski definition) is 1. The molecule has 0 aliphatic carbocycles. The molecule has 0 aliphatic rings. The summed E-state index contributed by atoms with van der Waals surface area (Å²) in [4.78, 5) is 10.4. The largest absolute Gasteiger partial charge is 0.281 e. The molecule has 0 atom stereocenters. The Balaban J connectivity index is 2.89. The average Bonchev–Trinajstić information content (AvgIpc) is 2.20. The van der Waals surface area contributed by atoms with Gasteiger partial charge in [-0.15, -0.1) is 0 Å². The second-order valence-electron chi connectivity index (χ2n) is 3.98. The number of unbranched alkanes of at least 4 members (excludes halogenated alkanes) is 8. The first-order chi connectivity index (χ1) is 7.27. The predicted octanol–water partition coefficient (Wildman–Crippen LogP) is 5.05. The Labute approximate surface area is 107 Å². The van der Waals surface area contributed by atoms with Crippen LogP contribution in [0.3, 0.4) is 0 Å². The number of carbonyl (C=O) groups is 1. The highest BCUT2D eigenvalue weighted by Crippen LogP contribution is 2.11. The van der Waals surface area contributed by atoms with E-state index < -0.39 is 0 Å². The van der Waals surface area contributed by atoms with Crippen LogP contribution in [0, 0.1) is 0 Å². The van der Waals surface area contributed by atoms with Crippen LogP contribution in [0.15, 0.2) is 0 Å². The molecule has 15 heavy (non-hydrogen) atoms. The quantitative estimate of drug-likeness (QED) is 0.296. The van der Waals surface area contributed by atoms with E-state index in [0.29, 0.717) is 6.42 Å². The lowest BCUT2D eigenvalue weighted by Gasteiger charge is -2.00. The lowest BCUT2D eigenvalue weighted by Crippen LogP contribution is -1.86. The molecule has 0 aromatic rings. The Kier molecular flexibility index (Phi) is 12.9. The number of alkyl halides is 1. The normalized spacial score (nSPS) is 10.5. The van der Waals surface area contributed by atoms with Crippen molar-refractivity contribution in [1.82, 2.24) is 0 Å². The maximum Gasteiger partial charge on any atom is 0.221 e. The fourth-order valence-electron chi connectivity index (χ4n) is 1.60. The summed E-state index contributed by atoms with van der Waals surface area (Å²) in [6.07, 6.45) is 12.0. The number of halogens is 2. The summed E-state index contributed by atoms with van der Waals surface area (Å²) in [7, 11) is 0. The molecule has 0 saturated carbocycles. The average molecular weight is 298 g/mol. The molecule has 1 nitrogen and oxygen atoms in total. The molecule has 0 spiro atoms. The van der Waals surface area contributed by atoms with Crippen LogP contribution in [-0.4, -0.2) is 10.6 Å². The van der Waals surface area contributed by atoms with Crippen LogP contribution in [0.5, 0.6) is 0 Å². The third-order valence-electron chi connectivity index (χ3n) is 2.51. The third-order valence-corrected chi connectivity index (χ3v) is 3.26. The molecule has 3 heteroatoms. The molecule has 0 aliphatic heterocycles. The van der Waals surface area contributed by atoms with Crippen molar-refractivity contribution < 1.29 is 4.79 Å². The zero-order valence-corrected chi connectivity index (χ0v) is 11.8. The smallest absolute Gasteiger partial charge is 0.221 e. The van der Waals surface area contributed by atoms with Crippen LogP contribution in [0.4, 0.5) is 0 Å². The van der Waals surface area contributed by atoms with Crippen LogP contribution in [0.1, 0.15) is 64.2 Å². The fourth-order valence-corrected chi connectivity index (χ4v) is 2.13. The molecule has 0 amide bonds. The minimum atomic E-state index is -0.190. The summed E-state index contributed by atoms with van der Waals surface area (Å²) < 4.78 is 0. The maximum absolute atomic E-state index is 10.4. The highest BCUT2D eigenvalue weighted by atomic mass is 79.9. The highest BCUT2D eigenvalue weighted by Gasteiger charge is 1.96. The van der Waals surface area contributed by atoms with E-state index in [0.717, 1.165) is 18.2 Å². The van der Waals surface area contributed by atoms with E-state index in [-0.39, 0.29) is 5.24 Å². The van der Waals surface area contributed by atoms with Gasteiger partial charge >= 0.3 is 0 Å². The number of carbonyl (C=O) groups excluding carboxylic acids is 1. The molecule has 0 bridgehead atoms. The summed E-state index contributed by atoms with van der Waals surface area (Å²) in [6, 6.07) is 0. The molecule has 0 radical (unpaired) electrons. The van der Waals surface area contributed by atoms with Crippen LogP contribution < -0.4 is 0 Å². The molecule has 0 N–H and O–H groups in total. The third kappa shape index (κ3) is 14.4. The van der Waals surface area contributed by atoms with Crippen molar-refractivity contribution in [2.45, 2.75) is 64.2 Å². The molecule has 0 rings (SSSR count). The van der Waals surface area contributed by atoms with Crippen molar-refractivity contribution in [2.75, 3.05) is 5.33 Å². The molecule has 0 saturated heterocycles. The molecule has 0 aromatic carbocycles. The standard InChI is InChI=1S/C12H22BrClO/c13-11-9-7-5-3-1-2-4-6-8-10-12(14)15/h1-11H2. The van der Waals surface area contributed by atoms with E-state index in [9.17, 15) is 4.79 Å². The highest BCUT2D eigenvalue weighted by molar-refractivity contribution is 9.09. The van der Waals surface area contributed by atoms with Crippen molar-refractivity contribution in [1.29, 1.82) is 0 Å². The zero-order chi connectivity index (χ0) is 11.4. The second-order valence-corrected chi connectivity index (χ2v) is 5.19. The molecule has 0 fully saturated rings. The van der Waals surface area contributed by atoms with E-state index in [1.165, 1.54) is 44.9 Å².